The predicted molar refractivity (Wildman–Crippen MR) is 107 cm³/mol. The van der Waals surface area contributed by atoms with E-state index < -0.39 is 0 Å². The Balaban J connectivity index is 1.53. The van der Waals surface area contributed by atoms with Gasteiger partial charge >= 0.3 is 0 Å². The smallest absolute Gasteiger partial charge is 0.161 e. The van der Waals surface area contributed by atoms with Gasteiger partial charge in [-0.25, -0.2) is 9.37 Å². The van der Waals surface area contributed by atoms with Gasteiger partial charge in [0, 0.05) is 12.7 Å². The lowest BCUT2D eigenvalue weighted by molar-refractivity contribution is 0.208. The van der Waals surface area contributed by atoms with Crippen LogP contribution in [0, 0.1) is 5.82 Å². The van der Waals surface area contributed by atoms with Crippen molar-refractivity contribution < 1.29 is 18.6 Å². The molecule has 1 aromatic heterocycles. The minimum Gasteiger partial charge on any atom is -0.490 e. The summed E-state index contributed by atoms with van der Waals surface area (Å²) in [6.07, 6.45) is 1.75. The first-order valence-electron chi connectivity index (χ1n) is 9.16. The summed E-state index contributed by atoms with van der Waals surface area (Å²) in [5, 5.41) is 3.27. The van der Waals surface area contributed by atoms with E-state index in [1.165, 1.54) is 12.1 Å². The Morgan fingerprint density at radius 1 is 0.893 bits per heavy atom. The number of nitrogens with one attached hydrogen (secondary N) is 1. The highest BCUT2D eigenvalue weighted by molar-refractivity contribution is 5.44. The largest absolute Gasteiger partial charge is 0.490 e. The summed E-state index contributed by atoms with van der Waals surface area (Å²) >= 11 is 0. The molecule has 146 valence electrons. The lowest BCUT2D eigenvalue weighted by atomic mass is 10.2. The summed E-state index contributed by atoms with van der Waals surface area (Å²) in [4.78, 5) is 4.25. The zero-order valence-corrected chi connectivity index (χ0v) is 15.7. The summed E-state index contributed by atoms with van der Waals surface area (Å²) in [5.74, 6) is 2.48. The number of anilines is 1. The molecule has 0 amide bonds. The maximum atomic E-state index is 12.9. The zero-order valence-electron chi connectivity index (χ0n) is 15.7. The molecular formula is C22H23FN2O3. The van der Waals surface area contributed by atoms with Crippen molar-refractivity contribution in [2.75, 3.05) is 25.1 Å². The summed E-state index contributed by atoms with van der Waals surface area (Å²) in [6, 6.07) is 17.5. The molecule has 0 radical (unpaired) electrons. The van der Waals surface area contributed by atoms with Crippen molar-refractivity contribution in [1.82, 2.24) is 4.98 Å². The molecule has 6 heteroatoms. The van der Waals surface area contributed by atoms with E-state index in [2.05, 4.69) is 10.3 Å². The number of halogens is 1. The fraction of sp³-hybridized carbons (Fsp3) is 0.227. The molecular weight excluding hydrogens is 359 g/mol. The molecule has 28 heavy (non-hydrogen) atoms. The van der Waals surface area contributed by atoms with Gasteiger partial charge in [0.15, 0.2) is 11.5 Å². The summed E-state index contributed by atoms with van der Waals surface area (Å²) < 4.78 is 29.9. The number of hydrogen-bond acceptors (Lipinski definition) is 5. The predicted octanol–water partition coefficient (Wildman–Crippen LogP) is 4.69. The molecule has 3 aromatic rings. The van der Waals surface area contributed by atoms with Crippen molar-refractivity contribution in [1.29, 1.82) is 0 Å². The first kappa shape index (κ1) is 19.5. The molecule has 1 heterocycles. The minimum absolute atomic E-state index is 0.289. The Kier molecular flexibility index (Phi) is 7.07. The highest BCUT2D eigenvalue weighted by atomic mass is 19.1. The number of pyridine rings is 1. The molecule has 0 aliphatic carbocycles. The van der Waals surface area contributed by atoms with Gasteiger partial charge in [-0.3, -0.25) is 0 Å². The van der Waals surface area contributed by atoms with Gasteiger partial charge in [-0.1, -0.05) is 12.1 Å². The SMILES string of the molecule is CCOc1cc(CNc2ccccn2)ccc1OCCOc1ccc(F)cc1. The van der Waals surface area contributed by atoms with Crippen LogP contribution in [-0.2, 0) is 6.54 Å². The third-order valence-corrected chi connectivity index (χ3v) is 3.87. The lowest BCUT2D eigenvalue weighted by Crippen LogP contribution is -2.10. The number of aromatic nitrogens is 1. The van der Waals surface area contributed by atoms with Gasteiger partial charge in [0.1, 0.15) is 30.6 Å². The zero-order chi connectivity index (χ0) is 19.6. The Morgan fingerprint density at radius 2 is 1.71 bits per heavy atom. The van der Waals surface area contributed by atoms with Crippen LogP contribution >= 0.6 is 0 Å². The van der Waals surface area contributed by atoms with Gasteiger partial charge in [-0.05, 0) is 61.0 Å². The number of nitrogens with zero attached hydrogens (tertiary/aromatic N) is 1. The average Bonchev–Trinajstić information content (AvgIpc) is 2.73. The van der Waals surface area contributed by atoms with E-state index in [1.807, 2.05) is 43.3 Å². The molecule has 0 unspecified atom stereocenters. The number of benzene rings is 2. The van der Waals surface area contributed by atoms with Crippen LogP contribution in [0.3, 0.4) is 0 Å². The number of ether oxygens (including phenoxy) is 3. The van der Waals surface area contributed by atoms with E-state index in [0.29, 0.717) is 43.6 Å². The molecule has 0 spiro atoms. The molecule has 0 bridgehead atoms. The van der Waals surface area contributed by atoms with E-state index in [-0.39, 0.29) is 5.82 Å². The fourth-order valence-corrected chi connectivity index (χ4v) is 2.55. The second-order valence-corrected chi connectivity index (χ2v) is 5.93. The third-order valence-electron chi connectivity index (χ3n) is 3.87. The van der Waals surface area contributed by atoms with E-state index in [4.69, 9.17) is 14.2 Å². The monoisotopic (exact) mass is 382 g/mol. The van der Waals surface area contributed by atoms with Crippen LogP contribution in [0.15, 0.2) is 66.9 Å². The van der Waals surface area contributed by atoms with Crippen LogP contribution < -0.4 is 19.5 Å². The van der Waals surface area contributed by atoms with Crippen LogP contribution in [-0.4, -0.2) is 24.8 Å². The molecule has 0 saturated carbocycles. The first-order valence-corrected chi connectivity index (χ1v) is 9.16. The van der Waals surface area contributed by atoms with E-state index >= 15 is 0 Å². The van der Waals surface area contributed by atoms with Gasteiger partial charge in [-0.15, -0.1) is 0 Å². The topological polar surface area (TPSA) is 52.6 Å². The fourth-order valence-electron chi connectivity index (χ4n) is 2.55. The lowest BCUT2D eigenvalue weighted by Gasteiger charge is -2.14. The average molecular weight is 382 g/mol. The molecule has 0 aliphatic rings. The summed E-state index contributed by atoms with van der Waals surface area (Å²) in [6.45, 7) is 3.80. The molecule has 3 rings (SSSR count). The van der Waals surface area contributed by atoms with Crippen molar-refractivity contribution in [3.63, 3.8) is 0 Å². The van der Waals surface area contributed by atoms with Crippen LogP contribution in [0.1, 0.15) is 12.5 Å². The van der Waals surface area contributed by atoms with Crippen LogP contribution in [0.2, 0.25) is 0 Å². The van der Waals surface area contributed by atoms with Gasteiger partial charge in [0.2, 0.25) is 0 Å². The highest BCUT2D eigenvalue weighted by Gasteiger charge is 2.07. The summed E-state index contributed by atoms with van der Waals surface area (Å²) in [7, 11) is 0. The van der Waals surface area contributed by atoms with Gasteiger partial charge in [0.25, 0.3) is 0 Å². The number of hydrogen-bond donors (Lipinski definition) is 1. The minimum atomic E-state index is -0.289. The normalized spacial score (nSPS) is 10.4. The van der Waals surface area contributed by atoms with Crippen LogP contribution in [0.5, 0.6) is 17.2 Å². The standard InChI is InChI=1S/C22H23FN2O3/c1-2-26-21-15-17(16-25-22-5-3-4-12-24-22)6-11-20(21)28-14-13-27-19-9-7-18(23)8-10-19/h3-12,15H,2,13-14,16H2,1H3,(H,24,25). The highest BCUT2D eigenvalue weighted by Crippen LogP contribution is 2.29. The van der Waals surface area contributed by atoms with Crippen LogP contribution in [0.4, 0.5) is 10.2 Å². The molecule has 2 aromatic carbocycles. The third kappa shape index (κ3) is 5.87. The van der Waals surface area contributed by atoms with Crippen molar-refractivity contribution >= 4 is 5.82 Å². The van der Waals surface area contributed by atoms with Crippen molar-refractivity contribution in [2.45, 2.75) is 13.5 Å². The van der Waals surface area contributed by atoms with Gasteiger partial charge in [-0.2, -0.15) is 0 Å². The molecule has 0 atom stereocenters. The quantitative estimate of drug-likeness (QED) is 0.516. The Bertz CT molecular complexity index is 857. The number of rotatable bonds is 10. The molecule has 5 nitrogen and oxygen atoms in total. The molecule has 1 N–H and O–H groups in total. The van der Waals surface area contributed by atoms with Crippen molar-refractivity contribution in [3.8, 4) is 17.2 Å². The van der Waals surface area contributed by atoms with E-state index in [1.54, 1.807) is 18.3 Å². The van der Waals surface area contributed by atoms with Gasteiger partial charge < -0.3 is 19.5 Å². The second kappa shape index (κ2) is 10.2. The van der Waals surface area contributed by atoms with Crippen LogP contribution in [0.25, 0.3) is 0 Å². The summed E-state index contributed by atoms with van der Waals surface area (Å²) in [5.41, 5.74) is 1.06. The Morgan fingerprint density at radius 3 is 2.46 bits per heavy atom. The first-order chi connectivity index (χ1) is 13.7. The maximum absolute atomic E-state index is 12.9. The molecule has 0 fully saturated rings. The van der Waals surface area contributed by atoms with Crippen molar-refractivity contribution in [3.05, 3.63) is 78.2 Å². The van der Waals surface area contributed by atoms with E-state index in [9.17, 15) is 4.39 Å². The maximum Gasteiger partial charge on any atom is 0.161 e. The van der Waals surface area contributed by atoms with E-state index in [0.717, 1.165) is 11.4 Å². The Labute approximate surface area is 164 Å². The molecule has 0 aliphatic heterocycles. The second-order valence-electron chi connectivity index (χ2n) is 5.93. The molecule has 0 saturated heterocycles. The van der Waals surface area contributed by atoms with Crippen molar-refractivity contribution in [2.24, 2.45) is 0 Å². The van der Waals surface area contributed by atoms with Gasteiger partial charge in [0.05, 0.1) is 6.61 Å². The Hall–Kier alpha value is -3.28.